The number of ketones is 1. The van der Waals surface area contributed by atoms with E-state index in [0.717, 1.165) is 19.3 Å². The van der Waals surface area contributed by atoms with E-state index in [1.807, 2.05) is 0 Å². The van der Waals surface area contributed by atoms with E-state index in [0.29, 0.717) is 10.9 Å². The molecule has 0 N–H and O–H groups in total. The average molecular weight is 235 g/mol. The Hall–Kier alpha value is -0.270. The number of rotatable bonds is 6. The van der Waals surface area contributed by atoms with E-state index in [-0.39, 0.29) is 5.78 Å². The van der Waals surface area contributed by atoms with E-state index in [1.54, 1.807) is 13.0 Å². The Kier molecular flexibility index (Phi) is 7.92. The van der Waals surface area contributed by atoms with Gasteiger partial charge in [-0.2, -0.15) is 0 Å². The van der Waals surface area contributed by atoms with Gasteiger partial charge in [0.05, 0.1) is 0 Å². The molecule has 0 aliphatic rings. The van der Waals surface area contributed by atoms with E-state index < -0.39 is 0 Å². The molecule has 0 atom stereocenters. The molecule has 0 radical (unpaired) electrons. The van der Waals surface area contributed by atoms with Crippen molar-refractivity contribution >= 4 is 29.0 Å². The van der Waals surface area contributed by atoms with Crippen molar-refractivity contribution in [2.24, 2.45) is 0 Å². The molecule has 0 unspecified atom stereocenters. The van der Waals surface area contributed by atoms with Crippen LogP contribution in [0.1, 0.15) is 39.5 Å². The Balaban J connectivity index is 3.67. The van der Waals surface area contributed by atoms with Crippen LogP contribution in [0.25, 0.3) is 0 Å². The Morgan fingerprint density at radius 1 is 1.07 bits per heavy atom. The lowest BCUT2D eigenvalue weighted by atomic mass is 10.1. The van der Waals surface area contributed by atoms with Gasteiger partial charge in [0.25, 0.3) is 0 Å². The van der Waals surface area contributed by atoms with Gasteiger partial charge in [-0.3, -0.25) is 0 Å². The van der Waals surface area contributed by atoms with Gasteiger partial charge in [-0.15, -0.1) is 0 Å². The van der Waals surface area contributed by atoms with E-state index in [1.165, 1.54) is 5.57 Å². The van der Waals surface area contributed by atoms with Crippen LogP contribution in [0.2, 0.25) is 0 Å². The molecule has 0 amide bonds. The van der Waals surface area contributed by atoms with Gasteiger partial charge in [-0.1, -0.05) is 40.9 Å². The van der Waals surface area contributed by atoms with Crippen LogP contribution in [0.3, 0.4) is 0 Å². The third kappa shape index (κ3) is 9.82. The summed E-state index contributed by atoms with van der Waals surface area (Å²) in [5.41, 5.74) is 1.28. The lowest BCUT2D eigenvalue weighted by Crippen LogP contribution is -1.87. The molecule has 0 aliphatic carbocycles. The number of carbonyl (C=O) groups is 1. The van der Waals surface area contributed by atoms with Crippen molar-refractivity contribution in [2.75, 3.05) is 0 Å². The summed E-state index contributed by atoms with van der Waals surface area (Å²) in [4.78, 5) is 10.7. The Morgan fingerprint density at radius 3 is 2.14 bits per heavy atom. The molecule has 0 spiro atoms. The van der Waals surface area contributed by atoms with Gasteiger partial charge < -0.3 is 4.79 Å². The molecule has 0 bridgehead atoms. The highest BCUT2D eigenvalue weighted by molar-refractivity contribution is 6.55. The number of halogens is 2. The van der Waals surface area contributed by atoms with Gasteiger partial charge in [0.1, 0.15) is 10.3 Å². The normalized spacial score (nSPS) is 11.3. The minimum absolute atomic E-state index is 0.234. The highest BCUT2D eigenvalue weighted by Gasteiger charge is 1.92. The molecule has 1 nitrogen and oxygen atoms in total. The molecule has 0 rings (SSSR count). The summed E-state index contributed by atoms with van der Waals surface area (Å²) >= 11 is 10.9. The second-order valence-corrected chi connectivity index (χ2v) is 4.33. The zero-order valence-electron chi connectivity index (χ0n) is 8.65. The third-order valence-electron chi connectivity index (χ3n) is 1.83. The summed E-state index contributed by atoms with van der Waals surface area (Å²) in [5.74, 6) is 0.234. The first-order valence-corrected chi connectivity index (χ1v) is 5.44. The van der Waals surface area contributed by atoms with Crippen LogP contribution in [-0.2, 0) is 4.79 Å². The van der Waals surface area contributed by atoms with Gasteiger partial charge in [0.2, 0.25) is 0 Å². The van der Waals surface area contributed by atoms with Crippen LogP contribution < -0.4 is 0 Å². The van der Waals surface area contributed by atoms with Crippen LogP contribution in [0.5, 0.6) is 0 Å². The monoisotopic (exact) mass is 234 g/mol. The molecule has 0 heterocycles. The number of carbonyl (C=O) groups excluding carboxylic acids is 1. The second kappa shape index (κ2) is 8.07. The van der Waals surface area contributed by atoms with Crippen molar-refractivity contribution in [1.82, 2.24) is 0 Å². The maximum Gasteiger partial charge on any atom is 0.130 e. The van der Waals surface area contributed by atoms with Crippen molar-refractivity contribution in [1.29, 1.82) is 0 Å². The van der Waals surface area contributed by atoms with Crippen molar-refractivity contribution in [3.63, 3.8) is 0 Å². The van der Waals surface area contributed by atoms with Gasteiger partial charge in [0, 0.05) is 6.42 Å². The Morgan fingerprint density at radius 2 is 1.64 bits per heavy atom. The van der Waals surface area contributed by atoms with Gasteiger partial charge in [0.15, 0.2) is 0 Å². The van der Waals surface area contributed by atoms with Crippen molar-refractivity contribution in [3.8, 4) is 0 Å². The average Bonchev–Trinajstić information content (AvgIpc) is 2.02. The van der Waals surface area contributed by atoms with Crippen LogP contribution in [0, 0.1) is 0 Å². The molecule has 0 fully saturated rings. The molecule has 0 aliphatic heterocycles. The summed E-state index contributed by atoms with van der Waals surface area (Å²) in [7, 11) is 0. The maximum atomic E-state index is 10.7. The van der Waals surface area contributed by atoms with Crippen LogP contribution in [-0.4, -0.2) is 5.78 Å². The fraction of sp³-hybridized carbons (Fsp3) is 0.545. The van der Waals surface area contributed by atoms with Gasteiger partial charge >= 0.3 is 0 Å². The molecule has 14 heavy (non-hydrogen) atoms. The van der Waals surface area contributed by atoms with Crippen LogP contribution >= 0.6 is 23.2 Å². The molecule has 0 saturated heterocycles. The van der Waals surface area contributed by atoms with Gasteiger partial charge in [-0.25, -0.2) is 0 Å². The topological polar surface area (TPSA) is 17.1 Å². The van der Waals surface area contributed by atoms with Crippen molar-refractivity contribution < 1.29 is 4.79 Å². The summed E-state index contributed by atoms with van der Waals surface area (Å²) in [6, 6.07) is 0. The van der Waals surface area contributed by atoms with Crippen LogP contribution in [0.4, 0.5) is 0 Å². The Labute approximate surface area is 95.8 Å². The predicted octanol–water partition coefficient (Wildman–Crippen LogP) is 4.40. The number of Topliss-reactive ketones (excluding diaryl/α,β-unsaturated/α-hetero) is 1. The van der Waals surface area contributed by atoms with Crippen molar-refractivity contribution in [3.05, 3.63) is 22.2 Å². The van der Waals surface area contributed by atoms with E-state index >= 15 is 0 Å². The minimum Gasteiger partial charge on any atom is -0.300 e. The highest BCUT2D eigenvalue weighted by Crippen LogP contribution is 2.12. The summed E-state index contributed by atoms with van der Waals surface area (Å²) in [5, 5.41) is 0. The number of allylic oxidation sites excluding steroid dienone is 3. The zero-order chi connectivity index (χ0) is 11.0. The summed E-state index contributed by atoms with van der Waals surface area (Å²) in [6.45, 7) is 3.66. The SMILES string of the molecule is CC(=O)CCC=C(C)CCC=C(Cl)Cl. The molecular formula is C11H16Cl2O. The third-order valence-corrected chi connectivity index (χ3v) is 2.14. The first kappa shape index (κ1) is 13.7. The Bertz CT molecular complexity index is 238. The second-order valence-electron chi connectivity index (χ2n) is 3.32. The highest BCUT2D eigenvalue weighted by atomic mass is 35.5. The molecule has 0 aromatic carbocycles. The predicted molar refractivity (Wildman–Crippen MR) is 62.7 cm³/mol. The van der Waals surface area contributed by atoms with Crippen LogP contribution in [0.15, 0.2) is 22.2 Å². The molecular weight excluding hydrogens is 219 g/mol. The van der Waals surface area contributed by atoms with E-state index in [2.05, 4.69) is 13.0 Å². The molecule has 0 saturated carbocycles. The molecule has 3 heteroatoms. The lowest BCUT2D eigenvalue weighted by molar-refractivity contribution is -0.116. The first-order valence-electron chi connectivity index (χ1n) is 4.68. The minimum atomic E-state index is 0.234. The first-order chi connectivity index (χ1) is 6.52. The molecule has 80 valence electrons. The van der Waals surface area contributed by atoms with E-state index in [4.69, 9.17) is 23.2 Å². The number of hydrogen-bond donors (Lipinski definition) is 0. The summed E-state index contributed by atoms with van der Waals surface area (Å²) in [6.07, 6.45) is 7.14. The largest absolute Gasteiger partial charge is 0.300 e. The number of hydrogen-bond acceptors (Lipinski definition) is 1. The smallest absolute Gasteiger partial charge is 0.130 e. The fourth-order valence-electron chi connectivity index (χ4n) is 1.03. The van der Waals surface area contributed by atoms with E-state index in [9.17, 15) is 4.79 Å². The standard InChI is InChI=1S/C11H16Cl2O/c1-9(5-3-7-10(2)14)6-4-8-11(12)13/h5,8H,3-4,6-7H2,1-2H3. The fourth-order valence-corrected chi connectivity index (χ4v) is 1.25. The molecule has 0 aromatic rings. The van der Waals surface area contributed by atoms with Crippen molar-refractivity contribution in [2.45, 2.75) is 39.5 Å². The quantitative estimate of drug-likeness (QED) is 0.623. The summed E-state index contributed by atoms with van der Waals surface area (Å²) < 4.78 is 0.321. The maximum absolute atomic E-state index is 10.7. The molecule has 0 aromatic heterocycles. The van der Waals surface area contributed by atoms with Gasteiger partial charge in [-0.05, 0) is 33.1 Å². The zero-order valence-corrected chi connectivity index (χ0v) is 10.2. The lowest BCUT2D eigenvalue weighted by Gasteiger charge is -1.97.